The summed E-state index contributed by atoms with van der Waals surface area (Å²) >= 11 is 3.53. The number of amides is 2. The lowest BCUT2D eigenvalue weighted by molar-refractivity contribution is -0.140. The van der Waals surface area contributed by atoms with E-state index in [0.717, 1.165) is 16.5 Å². The quantitative estimate of drug-likeness (QED) is 0.856. The first-order valence-electron chi connectivity index (χ1n) is 6.91. The molecular formula is C16H20BrNO2. The third-order valence-electron chi connectivity index (χ3n) is 3.88. The Morgan fingerprint density at radius 1 is 1.35 bits per heavy atom. The van der Waals surface area contributed by atoms with Crippen LogP contribution in [0.4, 0.5) is 0 Å². The molecule has 0 saturated carbocycles. The van der Waals surface area contributed by atoms with Crippen LogP contribution >= 0.6 is 15.9 Å². The van der Waals surface area contributed by atoms with E-state index in [9.17, 15) is 9.59 Å². The van der Waals surface area contributed by atoms with Gasteiger partial charge >= 0.3 is 0 Å². The highest BCUT2D eigenvalue weighted by Crippen LogP contribution is 2.47. The van der Waals surface area contributed by atoms with E-state index in [0.29, 0.717) is 12.3 Å². The standard InChI is InChI=1S/C16H20BrNO2/c1-10(2)8-16(3)9-13(19)18-15(20)14(16)11-6-4-5-7-12(11)17/h4-7,10,14H,8-9H2,1-3H3,(H,18,19,20). The maximum Gasteiger partial charge on any atom is 0.234 e. The van der Waals surface area contributed by atoms with Gasteiger partial charge in [-0.1, -0.05) is 54.9 Å². The van der Waals surface area contributed by atoms with Gasteiger partial charge in [0.25, 0.3) is 0 Å². The molecule has 1 aliphatic rings. The van der Waals surface area contributed by atoms with E-state index in [1.165, 1.54) is 0 Å². The smallest absolute Gasteiger partial charge is 0.234 e. The van der Waals surface area contributed by atoms with E-state index in [2.05, 4.69) is 35.1 Å². The Hall–Kier alpha value is -1.16. The maximum atomic E-state index is 12.4. The average Bonchev–Trinajstić information content (AvgIpc) is 2.28. The molecule has 1 heterocycles. The summed E-state index contributed by atoms with van der Waals surface area (Å²) in [6.07, 6.45) is 1.24. The molecule has 20 heavy (non-hydrogen) atoms. The number of hydrogen-bond acceptors (Lipinski definition) is 2. The van der Waals surface area contributed by atoms with Crippen molar-refractivity contribution in [2.75, 3.05) is 0 Å². The number of carbonyl (C=O) groups excluding carboxylic acids is 2. The van der Waals surface area contributed by atoms with E-state index in [1.807, 2.05) is 31.2 Å². The molecule has 1 aromatic rings. The monoisotopic (exact) mass is 337 g/mol. The molecule has 0 aromatic heterocycles. The fourth-order valence-electron chi connectivity index (χ4n) is 3.39. The molecule has 0 radical (unpaired) electrons. The van der Waals surface area contributed by atoms with Gasteiger partial charge in [0.1, 0.15) is 0 Å². The van der Waals surface area contributed by atoms with E-state index in [4.69, 9.17) is 0 Å². The zero-order chi connectivity index (χ0) is 14.9. The van der Waals surface area contributed by atoms with Crippen LogP contribution in [0.15, 0.2) is 28.7 Å². The molecule has 2 amide bonds. The van der Waals surface area contributed by atoms with Crippen LogP contribution in [-0.4, -0.2) is 11.8 Å². The molecule has 1 N–H and O–H groups in total. The predicted molar refractivity (Wildman–Crippen MR) is 82.2 cm³/mol. The molecule has 2 unspecified atom stereocenters. The molecule has 2 atom stereocenters. The van der Waals surface area contributed by atoms with Gasteiger partial charge in [-0.3, -0.25) is 14.9 Å². The summed E-state index contributed by atoms with van der Waals surface area (Å²) in [5, 5.41) is 2.48. The normalized spacial score (nSPS) is 26.8. The van der Waals surface area contributed by atoms with Gasteiger partial charge in [-0.15, -0.1) is 0 Å². The average molecular weight is 338 g/mol. The Morgan fingerprint density at radius 3 is 2.60 bits per heavy atom. The van der Waals surface area contributed by atoms with Crippen LogP contribution in [-0.2, 0) is 9.59 Å². The van der Waals surface area contributed by atoms with Gasteiger partial charge in [-0.05, 0) is 29.4 Å². The largest absolute Gasteiger partial charge is 0.296 e. The van der Waals surface area contributed by atoms with Crippen molar-refractivity contribution < 1.29 is 9.59 Å². The number of rotatable bonds is 3. The van der Waals surface area contributed by atoms with Crippen molar-refractivity contribution in [2.24, 2.45) is 11.3 Å². The second-order valence-electron chi connectivity index (χ2n) is 6.30. The number of hydrogen-bond donors (Lipinski definition) is 1. The molecule has 3 nitrogen and oxygen atoms in total. The summed E-state index contributed by atoms with van der Waals surface area (Å²) in [6.45, 7) is 6.30. The molecular weight excluding hydrogens is 318 g/mol. The van der Waals surface area contributed by atoms with Gasteiger partial charge in [0.05, 0.1) is 5.92 Å². The van der Waals surface area contributed by atoms with Crippen LogP contribution in [0.1, 0.15) is 45.1 Å². The Bertz CT molecular complexity index is 541. The van der Waals surface area contributed by atoms with Crippen LogP contribution < -0.4 is 5.32 Å². The molecule has 108 valence electrons. The zero-order valence-corrected chi connectivity index (χ0v) is 13.7. The highest BCUT2D eigenvalue weighted by Gasteiger charge is 2.46. The Kier molecular flexibility index (Phi) is 4.33. The first kappa shape index (κ1) is 15.2. The van der Waals surface area contributed by atoms with Gasteiger partial charge in [0.2, 0.25) is 11.8 Å². The van der Waals surface area contributed by atoms with Crippen LogP contribution in [0.3, 0.4) is 0 Å². The Balaban J connectivity index is 2.47. The second-order valence-corrected chi connectivity index (χ2v) is 7.15. The fourth-order valence-corrected chi connectivity index (χ4v) is 3.90. The SMILES string of the molecule is CC(C)CC1(C)CC(=O)NC(=O)C1c1ccccc1Br. The second kappa shape index (κ2) is 5.68. The minimum atomic E-state index is -0.336. The molecule has 1 saturated heterocycles. The highest BCUT2D eigenvalue weighted by atomic mass is 79.9. The van der Waals surface area contributed by atoms with Gasteiger partial charge < -0.3 is 0 Å². The van der Waals surface area contributed by atoms with E-state index in [1.54, 1.807) is 0 Å². The van der Waals surface area contributed by atoms with E-state index >= 15 is 0 Å². The van der Waals surface area contributed by atoms with Crippen LogP contribution in [0.5, 0.6) is 0 Å². The van der Waals surface area contributed by atoms with E-state index < -0.39 is 0 Å². The van der Waals surface area contributed by atoms with Crippen LogP contribution in [0, 0.1) is 11.3 Å². The van der Waals surface area contributed by atoms with Gasteiger partial charge in [-0.2, -0.15) is 0 Å². The van der Waals surface area contributed by atoms with Crippen molar-refractivity contribution in [3.05, 3.63) is 34.3 Å². The summed E-state index contributed by atoms with van der Waals surface area (Å²) in [5.41, 5.74) is 0.623. The molecule has 0 bridgehead atoms. The summed E-state index contributed by atoms with van der Waals surface area (Å²) in [4.78, 5) is 24.2. The van der Waals surface area contributed by atoms with Crippen molar-refractivity contribution >= 4 is 27.7 Å². The summed E-state index contributed by atoms with van der Waals surface area (Å²) < 4.78 is 0.921. The molecule has 0 spiro atoms. The number of halogens is 1. The first-order valence-corrected chi connectivity index (χ1v) is 7.71. The zero-order valence-electron chi connectivity index (χ0n) is 12.1. The van der Waals surface area contributed by atoms with Crippen molar-refractivity contribution in [1.29, 1.82) is 0 Å². The Labute approximate surface area is 128 Å². The van der Waals surface area contributed by atoms with Crippen molar-refractivity contribution in [3.8, 4) is 0 Å². The van der Waals surface area contributed by atoms with Crippen LogP contribution in [0.25, 0.3) is 0 Å². The van der Waals surface area contributed by atoms with Crippen molar-refractivity contribution in [3.63, 3.8) is 0 Å². The summed E-state index contributed by atoms with van der Waals surface area (Å²) in [7, 11) is 0. The number of piperidine rings is 1. The lowest BCUT2D eigenvalue weighted by atomic mass is 9.65. The molecule has 1 aromatic carbocycles. The molecule has 0 aliphatic carbocycles. The van der Waals surface area contributed by atoms with Gasteiger partial charge in [0, 0.05) is 10.9 Å². The molecule has 2 rings (SSSR count). The summed E-state index contributed by atoms with van der Waals surface area (Å²) in [5.74, 6) is -0.209. The van der Waals surface area contributed by atoms with Crippen molar-refractivity contribution in [2.45, 2.75) is 39.5 Å². The molecule has 1 fully saturated rings. The maximum absolute atomic E-state index is 12.4. The molecule has 1 aliphatic heterocycles. The number of carbonyl (C=O) groups is 2. The summed E-state index contributed by atoms with van der Waals surface area (Å²) in [6, 6.07) is 7.76. The minimum Gasteiger partial charge on any atom is -0.296 e. The predicted octanol–water partition coefficient (Wildman–Crippen LogP) is 3.63. The van der Waals surface area contributed by atoms with Gasteiger partial charge in [-0.25, -0.2) is 0 Å². The number of imide groups is 1. The highest BCUT2D eigenvalue weighted by molar-refractivity contribution is 9.10. The van der Waals surface area contributed by atoms with Gasteiger partial charge in [0.15, 0.2) is 0 Å². The lowest BCUT2D eigenvalue weighted by Gasteiger charge is -2.41. The fraction of sp³-hybridized carbons (Fsp3) is 0.500. The third kappa shape index (κ3) is 2.95. The van der Waals surface area contributed by atoms with Crippen LogP contribution in [0.2, 0.25) is 0 Å². The third-order valence-corrected chi connectivity index (χ3v) is 4.60. The number of nitrogens with one attached hydrogen (secondary N) is 1. The molecule has 4 heteroatoms. The first-order chi connectivity index (χ1) is 9.33. The van der Waals surface area contributed by atoms with Crippen molar-refractivity contribution in [1.82, 2.24) is 5.32 Å². The van der Waals surface area contributed by atoms with E-state index in [-0.39, 0.29) is 23.1 Å². The topological polar surface area (TPSA) is 46.2 Å². The number of benzene rings is 1. The lowest BCUT2D eigenvalue weighted by Crippen LogP contribution is -2.50. The Morgan fingerprint density at radius 2 is 2.00 bits per heavy atom. The minimum absolute atomic E-state index is 0.165.